The average Bonchev–Trinajstić information content (AvgIpc) is 3.44. The van der Waals surface area contributed by atoms with Crippen molar-refractivity contribution in [3.63, 3.8) is 0 Å². The van der Waals surface area contributed by atoms with Gasteiger partial charge in [0, 0.05) is 0 Å². The monoisotopic (exact) mass is 705 g/mol. The van der Waals surface area contributed by atoms with Crippen LogP contribution in [0.3, 0.4) is 0 Å². The van der Waals surface area contributed by atoms with Gasteiger partial charge in [-0.3, -0.25) is 14.5 Å². The van der Waals surface area contributed by atoms with Crippen LogP contribution in [-0.2, 0) is 31.2 Å². The number of hydrogen-bond acceptors (Lipinski definition) is 7. The molecule has 0 aliphatic carbocycles. The van der Waals surface area contributed by atoms with Gasteiger partial charge in [-0.05, 0) is 82.1 Å². The summed E-state index contributed by atoms with van der Waals surface area (Å²) < 4.78 is 25.2. The number of amides is 2. The number of benzene rings is 6. The third kappa shape index (κ3) is 8.91. The predicted octanol–water partition coefficient (Wildman–Crippen LogP) is 10.5. The molecule has 0 saturated carbocycles. The Labute approximate surface area is 307 Å². The lowest BCUT2D eigenvalue weighted by molar-refractivity contribution is -0.123. The SMILES string of the molecule is O=C1SC(=Cc2cccc(Oc3ccccc3)c2)C(=O)N1Cc1cc(OCc2ccccc2)c(OCc2ccccc2)c(OCc2ccccc2)c1. The first kappa shape index (κ1) is 34.2. The molecule has 0 spiro atoms. The summed E-state index contributed by atoms with van der Waals surface area (Å²) in [6, 6.07) is 50.0. The Morgan fingerprint density at radius 3 is 1.58 bits per heavy atom. The third-order valence-corrected chi connectivity index (χ3v) is 9.04. The highest BCUT2D eigenvalue weighted by molar-refractivity contribution is 8.18. The molecule has 0 atom stereocenters. The number of carbonyl (C=O) groups is 2. The van der Waals surface area contributed by atoms with Gasteiger partial charge in [-0.15, -0.1) is 0 Å². The number of nitrogens with zero attached hydrogens (tertiary/aromatic N) is 1. The maximum Gasteiger partial charge on any atom is 0.293 e. The smallest absolute Gasteiger partial charge is 0.293 e. The second-order valence-corrected chi connectivity index (χ2v) is 13.0. The molecule has 0 N–H and O–H groups in total. The fraction of sp³-hybridized carbons (Fsp3) is 0.0909. The Morgan fingerprint density at radius 1 is 0.519 bits per heavy atom. The first-order chi connectivity index (χ1) is 25.6. The van der Waals surface area contributed by atoms with E-state index < -0.39 is 0 Å². The summed E-state index contributed by atoms with van der Waals surface area (Å²) in [5, 5.41) is -0.365. The molecule has 0 radical (unpaired) electrons. The Balaban J connectivity index is 1.17. The topological polar surface area (TPSA) is 74.3 Å². The summed E-state index contributed by atoms with van der Waals surface area (Å²) in [7, 11) is 0. The van der Waals surface area contributed by atoms with Crippen LogP contribution in [0.5, 0.6) is 28.7 Å². The fourth-order valence-electron chi connectivity index (χ4n) is 5.54. The number of imide groups is 1. The molecule has 7 nitrogen and oxygen atoms in total. The van der Waals surface area contributed by atoms with Crippen LogP contribution in [0.2, 0.25) is 0 Å². The third-order valence-electron chi connectivity index (χ3n) is 8.13. The Hall–Kier alpha value is -6.25. The van der Waals surface area contributed by atoms with E-state index >= 15 is 0 Å². The standard InChI is InChI=1S/C44H35NO6S/c46-43-41(27-35-20-13-23-38(24-35)51-37-21-11-4-12-22-37)52-44(47)45(43)28-36-25-39(48-29-32-14-5-1-6-15-32)42(50-31-34-18-9-3-10-19-34)40(26-36)49-30-33-16-7-2-8-17-33/h1-27H,28-31H2. The molecule has 6 aromatic carbocycles. The van der Waals surface area contributed by atoms with Gasteiger partial charge >= 0.3 is 0 Å². The second-order valence-electron chi connectivity index (χ2n) is 12.0. The molecule has 1 aliphatic heterocycles. The minimum atomic E-state index is -0.382. The molecular weight excluding hydrogens is 671 g/mol. The van der Waals surface area contributed by atoms with Crippen molar-refractivity contribution in [2.75, 3.05) is 0 Å². The van der Waals surface area contributed by atoms with Gasteiger partial charge in [0.2, 0.25) is 5.75 Å². The van der Waals surface area contributed by atoms with Crippen molar-refractivity contribution in [1.29, 1.82) is 0 Å². The van der Waals surface area contributed by atoms with E-state index in [4.69, 9.17) is 18.9 Å². The molecule has 52 heavy (non-hydrogen) atoms. The van der Waals surface area contributed by atoms with Crippen LogP contribution in [0.4, 0.5) is 4.79 Å². The quantitative estimate of drug-likeness (QED) is 0.104. The van der Waals surface area contributed by atoms with E-state index in [0.717, 1.165) is 34.0 Å². The summed E-state index contributed by atoms with van der Waals surface area (Å²) in [5.41, 5.74) is 4.33. The lowest BCUT2D eigenvalue weighted by atomic mass is 10.1. The van der Waals surface area contributed by atoms with Gasteiger partial charge in [-0.2, -0.15) is 0 Å². The minimum Gasteiger partial charge on any atom is -0.485 e. The molecule has 1 fully saturated rings. The highest BCUT2D eigenvalue weighted by Gasteiger charge is 2.35. The first-order valence-corrected chi connectivity index (χ1v) is 17.6. The molecule has 8 heteroatoms. The summed E-state index contributed by atoms with van der Waals surface area (Å²) in [6.07, 6.45) is 1.71. The van der Waals surface area contributed by atoms with Crippen molar-refractivity contribution in [2.45, 2.75) is 26.4 Å². The summed E-state index contributed by atoms with van der Waals surface area (Å²) in [5.74, 6) is 2.27. The van der Waals surface area contributed by atoms with Crippen molar-refractivity contribution in [3.05, 3.63) is 190 Å². The number of hydrogen-bond donors (Lipinski definition) is 0. The molecule has 1 saturated heterocycles. The van der Waals surface area contributed by atoms with Gasteiger partial charge in [0.1, 0.15) is 31.3 Å². The summed E-state index contributed by atoms with van der Waals surface area (Å²) in [4.78, 5) is 28.6. The van der Waals surface area contributed by atoms with Crippen molar-refractivity contribution in [2.24, 2.45) is 0 Å². The van der Waals surface area contributed by atoms with Crippen molar-refractivity contribution in [1.82, 2.24) is 4.90 Å². The Bertz CT molecular complexity index is 2090. The molecule has 0 bridgehead atoms. The lowest BCUT2D eigenvalue weighted by Gasteiger charge is -2.20. The van der Waals surface area contributed by atoms with Crippen molar-refractivity contribution in [3.8, 4) is 28.7 Å². The lowest BCUT2D eigenvalue weighted by Crippen LogP contribution is -2.27. The molecule has 0 aromatic heterocycles. The van der Waals surface area contributed by atoms with E-state index in [-0.39, 0.29) is 37.5 Å². The maximum atomic E-state index is 13.7. The van der Waals surface area contributed by atoms with Gasteiger partial charge in [0.15, 0.2) is 11.5 Å². The van der Waals surface area contributed by atoms with E-state index in [9.17, 15) is 9.59 Å². The summed E-state index contributed by atoms with van der Waals surface area (Å²) >= 11 is 0.909. The molecule has 2 amide bonds. The Kier molecular flexibility index (Phi) is 10.9. The van der Waals surface area contributed by atoms with Crippen LogP contribution in [0.15, 0.2) is 163 Å². The molecule has 1 heterocycles. The molecule has 0 unspecified atom stereocenters. The van der Waals surface area contributed by atoms with Gasteiger partial charge in [-0.1, -0.05) is 121 Å². The molecule has 7 rings (SSSR count). The normalized spacial score (nSPS) is 13.3. The molecule has 258 valence electrons. The van der Waals surface area contributed by atoms with Gasteiger partial charge in [0.25, 0.3) is 11.1 Å². The number of thioether (sulfide) groups is 1. The van der Waals surface area contributed by atoms with Crippen LogP contribution >= 0.6 is 11.8 Å². The van der Waals surface area contributed by atoms with Crippen molar-refractivity contribution >= 4 is 29.0 Å². The predicted molar refractivity (Wildman–Crippen MR) is 203 cm³/mol. The van der Waals surface area contributed by atoms with Gasteiger partial charge in [0.05, 0.1) is 11.4 Å². The van der Waals surface area contributed by atoms with Gasteiger partial charge in [-0.25, -0.2) is 0 Å². The van der Waals surface area contributed by atoms with E-state index in [1.807, 2.05) is 158 Å². The first-order valence-electron chi connectivity index (χ1n) is 16.8. The van der Waals surface area contributed by atoms with E-state index in [2.05, 4.69) is 0 Å². The molecular formula is C44H35NO6S. The highest BCUT2D eigenvalue weighted by Crippen LogP contribution is 2.42. The summed E-state index contributed by atoms with van der Waals surface area (Å²) in [6.45, 7) is 0.861. The zero-order chi connectivity index (χ0) is 35.5. The molecule has 6 aromatic rings. The van der Waals surface area contributed by atoms with Crippen LogP contribution in [-0.4, -0.2) is 16.0 Å². The van der Waals surface area contributed by atoms with Crippen molar-refractivity contribution < 1.29 is 28.5 Å². The van der Waals surface area contributed by atoms with Gasteiger partial charge < -0.3 is 18.9 Å². The van der Waals surface area contributed by atoms with Crippen LogP contribution in [0.25, 0.3) is 6.08 Å². The highest BCUT2D eigenvalue weighted by atomic mass is 32.2. The van der Waals surface area contributed by atoms with Crippen LogP contribution in [0, 0.1) is 0 Å². The van der Waals surface area contributed by atoms with E-state index in [0.29, 0.717) is 39.2 Å². The number of carbonyl (C=O) groups excluding carboxylic acids is 2. The zero-order valence-corrected chi connectivity index (χ0v) is 29.0. The Morgan fingerprint density at radius 2 is 1.02 bits per heavy atom. The fourth-order valence-corrected chi connectivity index (χ4v) is 6.38. The number of rotatable bonds is 14. The average molecular weight is 706 g/mol. The van der Waals surface area contributed by atoms with Crippen LogP contribution in [0.1, 0.15) is 27.8 Å². The number of para-hydroxylation sites is 1. The zero-order valence-electron chi connectivity index (χ0n) is 28.2. The largest absolute Gasteiger partial charge is 0.485 e. The van der Waals surface area contributed by atoms with E-state index in [1.54, 1.807) is 6.08 Å². The molecule has 1 aliphatic rings. The van der Waals surface area contributed by atoms with E-state index in [1.165, 1.54) is 4.90 Å². The maximum absolute atomic E-state index is 13.7. The second kappa shape index (κ2) is 16.6. The number of ether oxygens (including phenoxy) is 4. The minimum absolute atomic E-state index is 0.0154. The van der Waals surface area contributed by atoms with Crippen LogP contribution < -0.4 is 18.9 Å².